The van der Waals surface area contributed by atoms with Gasteiger partial charge in [0.15, 0.2) is 0 Å². The van der Waals surface area contributed by atoms with Crippen LogP contribution in [0, 0.1) is 34.9 Å². The van der Waals surface area contributed by atoms with Gasteiger partial charge in [-0.3, -0.25) is 0 Å². The smallest absolute Gasteiger partial charge is 0.141 e. The van der Waals surface area contributed by atoms with Crippen molar-refractivity contribution in [3.05, 3.63) is 47.3 Å². The normalized spacial score (nSPS) is 27.3. The molecule has 0 bridgehead atoms. The minimum Gasteiger partial charge on any atom is -0.206 e. The topological polar surface area (TPSA) is 23.8 Å². The molecule has 0 N–H and O–H groups in total. The quantitative estimate of drug-likeness (QED) is 0.489. The molecule has 2 aromatic rings. The molecule has 0 spiro atoms. The monoisotopic (exact) mass is 377 g/mol. The summed E-state index contributed by atoms with van der Waals surface area (Å²) in [6, 6.07) is 11.6. The Morgan fingerprint density at radius 3 is 2.61 bits per heavy atom. The van der Waals surface area contributed by atoms with Crippen LogP contribution < -0.4 is 0 Å². The maximum Gasteiger partial charge on any atom is 0.141 e. The van der Waals surface area contributed by atoms with Gasteiger partial charge in [-0.2, -0.15) is 5.26 Å². The van der Waals surface area contributed by atoms with E-state index < -0.39 is 5.82 Å². The van der Waals surface area contributed by atoms with Crippen LogP contribution >= 0.6 is 0 Å². The van der Waals surface area contributed by atoms with Gasteiger partial charge in [0.2, 0.25) is 0 Å². The van der Waals surface area contributed by atoms with Crippen LogP contribution in [-0.2, 0) is 0 Å². The fraction of sp³-hybridized carbons (Fsp3) is 0.577. The van der Waals surface area contributed by atoms with Crippen molar-refractivity contribution in [1.82, 2.24) is 0 Å². The van der Waals surface area contributed by atoms with E-state index in [0.717, 1.165) is 28.5 Å². The zero-order valence-electron chi connectivity index (χ0n) is 17.1. The average molecular weight is 378 g/mol. The Morgan fingerprint density at radius 2 is 1.79 bits per heavy atom. The molecular formula is C26H32FN. The van der Waals surface area contributed by atoms with E-state index in [1.807, 2.05) is 6.07 Å². The number of fused-ring (bicyclic) bond motifs is 2. The molecule has 2 heteroatoms. The first-order valence-electron chi connectivity index (χ1n) is 11.3. The number of hydrogen-bond donors (Lipinski definition) is 0. The van der Waals surface area contributed by atoms with Crippen molar-refractivity contribution in [1.29, 1.82) is 5.26 Å². The van der Waals surface area contributed by atoms with Gasteiger partial charge in [-0.15, -0.1) is 0 Å². The van der Waals surface area contributed by atoms with Crippen molar-refractivity contribution in [2.24, 2.45) is 17.8 Å². The van der Waals surface area contributed by atoms with E-state index in [2.05, 4.69) is 25.1 Å². The lowest BCUT2D eigenvalue weighted by Crippen LogP contribution is -2.30. The van der Waals surface area contributed by atoms with Crippen LogP contribution in [0.25, 0.3) is 10.8 Å². The molecule has 2 aliphatic carbocycles. The zero-order valence-corrected chi connectivity index (χ0v) is 17.1. The number of benzene rings is 2. The number of unbranched alkanes of at least 4 members (excludes halogenated alkanes) is 2. The van der Waals surface area contributed by atoms with Crippen LogP contribution in [0.2, 0.25) is 0 Å². The van der Waals surface area contributed by atoms with Gasteiger partial charge in [0, 0.05) is 0 Å². The van der Waals surface area contributed by atoms with Crippen molar-refractivity contribution >= 4 is 10.8 Å². The summed E-state index contributed by atoms with van der Waals surface area (Å²) in [7, 11) is 0. The zero-order chi connectivity index (χ0) is 19.5. The highest BCUT2D eigenvalue weighted by molar-refractivity contribution is 5.84. The Labute approximate surface area is 168 Å². The number of nitriles is 1. The highest BCUT2D eigenvalue weighted by Crippen LogP contribution is 2.48. The average Bonchev–Trinajstić information content (AvgIpc) is 2.72. The maximum absolute atomic E-state index is 14.0. The Morgan fingerprint density at radius 1 is 0.964 bits per heavy atom. The van der Waals surface area contributed by atoms with Crippen molar-refractivity contribution in [3.8, 4) is 6.07 Å². The summed E-state index contributed by atoms with van der Waals surface area (Å²) in [5, 5.41) is 10.9. The Bertz CT molecular complexity index is 865. The molecule has 2 aromatic carbocycles. The molecule has 2 aliphatic rings. The lowest BCUT2D eigenvalue weighted by Gasteiger charge is -2.42. The van der Waals surface area contributed by atoms with E-state index in [0.29, 0.717) is 5.92 Å². The van der Waals surface area contributed by atoms with Crippen LogP contribution in [0.4, 0.5) is 4.39 Å². The van der Waals surface area contributed by atoms with E-state index >= 15 is 0 Å². The van der Waals surface area contributed by atoms with Gasteiger partial charge in [0.05, 0.1) is 5.56 Å². The molecule has 148 valence electrons. The van der Waals surface area contributed by atoms with E-state index in [4.69, 9.17) is 5.26 Å². The fourth-order valence-corrected chi connectivity index (χ4v) is 5.86. The predicted molar refractivity (Wildman–Crippen MR) is 114 cm³/mol. The van der Waals surface area contributed by atoms with E-state index in [1.165, 1.54) is 75.8 Å². The molecule has 0 radical (unpaired) electrons. The van der Waals surface area contributed by atoms with Crippen molar-refractivity contribution < 1.29 is 4.39 Å². The number of hydrogen-bond acceptors (Lipinski definition) is 1. The molecule has 4 rings (SSSR count). The molecule has 1 nitrogen and oxygen atoms in total. The second kappa shape index (κ2) is 8.64. The van der Waals surface area contributed by atoms with Gasteiger partial charge < -0.3 is 0 Å². The lowest BCUT2D eigenvalue weighted by atomic mass is 9.63. The van der Waals surface area contributed by atoms with Crippen LogP contribution in [0.15, 0.2) is 30.3 Å². The number of nitrogens with zero attached hydrogens (tertiary/aromatic N) is 1. The minimum atomic E-state index is -0.405. The SMILES string of the molecule is CCCCC[C@@H]1CC[C@@H]2CC(c3ccc4cc(C#N)c(F)cc4c3)CCC2C1. The number of rotatable bonds is 5. The summed E-state index contributed by atoms with van der Waals surface area (Å²) in [5.74, 6) is 3.00. The summed E-state index contributed by atoms with van der Waals surface area (Å²) >= 11 is 0. The minimum absolute atomic E-state index is 0.136. The summed E-state index contributed by atoms with van der Waals surface area (Å²) in [6.45, 7) is 2.29. The van der Waals surface area contributed by atoms with Gasteiger partial charge in [-0.1, -0.05) is 57.2 Å². The first-order chi connectivity index (χ1) is 13.7. The van der Waals surface area contributed by atoms with Crippen LogP contribution in [0.1, 0.15) is 88.2 Å². The first kappa shape index (κ1) is 19.4. The van der Waals surface area contributed by atoms with Gasteiger partial charge in [-0.05, 0) is 84.2 Å². The molecule has 0 saturated heterocycles. The molecule has 4 atom stereocenters. The second-order valence-electron chi connectivity index (χ2n) is 9.26. The maximum atomic E-state index is 14.0. The predicted octanol–water partition coefficient (Wildman–Crippen LogP) is 7.73. The molecule has 2 fully saturated rings. The highest BCUT2D eigenvalue weighted by Gasteiger charge is 2.35. The van der Waals surface area contributed by atoms with Gasteiger partial charge in [0.25, 0.3) is 0 Å². The molecule has 28 heavy (non-hydrogen) atoms. The summed E-state index contributed by atoms with van der Waals surface area (Å²) in [5.41, 5.74) is 1.50. The van der Waals surface area contributed by atoms with Crippen molar-refractivity contribution in [3.63, 3.8) is 0 Å². The highest BCUT2D eigenvalue weighted by atomic mass is 19.1. The van der Waals surface area contributed by atoms with E-state index in [1.54, 1.807) is 6.07 Å². The standard InChI is InChI=1S/C26H32FN/c1-2-3-4-5-18-6-7-20-13-21(9-8-19(20)12-18)22-10-11-23-15-25(17-28)26(27)16-24(23)14-22/h10-11,14-16,18-21H,2-9,12-13H2,1H3/t18-,19?,20-,21?/m1/s1. The van der Waals surface area contributed by atoms with Gasteiger partial charge in [-0.25, -0.2) is 4.39 Å². The lowest BCUT2D eigenvalue weighted by molar-refractivity contribution is 0.113. The Hall–Kier alpha value is -1.88. The van der Waals surface area contributed by atoms with Crippen LogP contribution in [-0.4, -0.2) is 0 Å². The van der Waals surface area contributed by atoms with E-state index in [-0.39, 0.29) is 5.56 Å². The third-order valence-corrected chi connectivity index (χ3v) is 7.48. The third-order valence-electron chi connectivity index (χ3n) is 7.48. The summed E-state index contributed by atoms with van der Waals surface area (Å²) < 4.78 is 14.0. The van der Waals surface area contributed by atoms with Crippen molar-refractivity contribution in [2.45, 2.75) is 77.0 Å². The summed E-state index contributed by atoms with van der Waals surface area (Å²) in [6.07, 6.45) is 13.8. The van der Waals surface area contributed by atoms with E-state index in [9.17, 15) is 4.39 Å². The largest absolute Gasteiger partial charge is 0.206 e. The van der Waals surface area contributed by atoms with Gasteiger partial charge >= 0.3 is 0 Å². The fourth-order valence-electron chi connectivity index (χ4n) is 5.86. The molecule has 2 saturated carbocycles. The van der Waals surface area contributed by atoms with Crippen LogP contribution in [0.5, 0.6) is 0 Å². The Kier molecular flexibility index (Phi) is 6.00. The van der Waals surface area contributed by atoms with Crippen LogP contribution in [0.3, 0.4) is 0 Å². The number of halogens is 1. The molecule has 0 heterocycles. The molecule has 0 aromatic heterocycles. The molecular weight excluding hydrogens is 345 g/mol. The third kappa shape index (κ3) is 4.09. The summed E-state index contributed by atoms with van der Waals surface area (Å²) in [4.78, 5) is 0. The Balaban J connectivity index is 1.43. The first-order valence-corrected chi connectivity index (χ1v) is 11.3. The second-order valence-corrected chi connectivity index (χ2v) is 9.26. The van der Waals surface area contributed by atoms with Crippen molar-refractivity contribution in [2.75, 3.05) is 0 Å². The van der Waals surface area contributed by atoms with Gasteiger partial charge in [0.1, 0.15) is 11.9 Å². The molecule has 0 amide bonds. The molecule has 2 unspecified atom stereocenters. The molecule has 0 aliphatic heterocycles.